The van der Waals surface area contributed by atoms with E-state index in [0.29, 0.717) is 13.2 Å². The number of ether oxygens (including phenoxy) is 1. The van der Waals surface area contributed by atoms with Crippen molar-refractivity contribution in [2.24, 2.45) is 10.8 Å². The standard InChI is InChI=1S/C19H38N2O3/c1-6-8-9-10-11-19(12-13-19)14-24-17(23)21-15(18(3,4)5)16(22)20-7-2/h15-16,20,22H,6-14H2,1-5H3,(H,21,23). The van der Waals surface area contributed by atoms with Crippen LogP contribution in [0.25, 0.3) is 0 Å². The Labute approximate surface area is 147 Å². The van der Waals surface area contributed by atoms with Crippen molar-refractivity contribution in [3.05, 3.63) is 0 Å². The number of alkyl carbamates (subject to hydrolysis) is 1. The Balaban J connectivity index is 2.40. The molecule has 1 fully saturated rings. The van der Waals surface area contributed by atoms with Crippen LogP contribution < -0.4 is 10.6 Å². The molecular formula is C19H38N2O3. The van der Waals surface area contributed by atoms with Gasteiger partial charge in [-0.15, -0.1) is 0 Å². The lowest BCUT2D eigenvalue weighted by molar-refractivity contribution is 0.0380. The van der Waals surface area contributed by atoms with Crippen LogP contribution in [0.1, 0.15) is 79.6 Å². The van der Waals surface area contributed by atoms with Crippen molar-refractivity contribution in [1.82, 2.24) is 10.6 Å². The van der Waals surface area contributed by atoms with E-state index in [1.807, 2.05) is 27.7 Å². The average Bonchev–Trinajstić information content (AvgIpc) is 3.27. The van der Waals surface area contributed by atoms with Crippen molar-refractivity contribution < 1.29 is 14.6 Å². The fraction of sp³-hybridized carbons (Fsp3) is 0.947. The first kappa shape index (κ1) is 21.2. The minimum absolute atomic E-state index is 0.225. The minimum Gasteiger partial charge on any atom is -0.449 e. The highest BCUT2D eigenvalue weighted by Crippen LogP contribution is 2.50. The monoisotopic (exact) mass is 342 g/mol. The molecule has 1 aliphatic rings. The second kappa shape index (κ2) is 9.62. The lowest BCUT2D eigenvalue weighted by Gasteiger charge is -2.35. The van der Waals surface area contributed by atoms with Crippen molar-refractivity contribution >= 4 is 6.09 Å². The fourth-order valence-electron chi connectivity index (χ4n) is 3.05. The fourth-order valence-corrected chi connectivity index (χ4v) is 3.05. The molecule has 2 atom stereocenters. The molecule has 1 saturated carbocycles. The summed E-state index contributed by atoms with van der Waals surface area (Å²) in [5.74, 6) is 0. The molecule has 0 spiro atoms. The predicted octanol–water partition coefficient (Wildman–Crippen LogP) is 3.81. The molecule has 0 radical (unpaired) electrons. The SMILES string of the molecule is CCCCCCC1(COC(=O)NC(C(O)NCC)C(C)(C)C)CC1. The molecule has 2 unspecified atom stereocenters. The number of likely N-dealkylation sites (N-methyl/N-ethyl adjacent to an activating group) is 1. The topological polar surface area (TPSA) is 70.6 Å². The van der Waals surface area contributed by atoms with Gasteiger partial charge < -0.3 is 15.2 Å². The molecule has 0 heterocycles. The van der Waals surface area contributed by atoms with Gasteiger partial charge >= 0.3 is 6.09 Å². The van der Waals surface area contributed by atoms with E-state index in [2.05, 4.69) is 17.6 Å². The maximum atomic E-state index is 12.2. The normalized spacial score (nSPS) is 18.8. The number of amides is 1. The minimum atomic E-state index is -0.786. The lowest BCUT2D eigenvalue weighted by Crippen LogP contribution is -2.56. The Hall–Kier alpha value is -0.810. The van der Waals surface area contributed by atoms with Gasteiger partial charge in [0.15, 0.2) is 0 Å². The van der Waals surface area contributed by atoms with E-state index >= 15 is 0 Å². The average molecular weight is 343 g/mol. The van der Waals surface area contributed by atoms with Crippen LogP contribution in [0.2, 0.25) is 0 Å². The van der Waals surface area contributed by atoms with Gasteiger partial charge in [-0.2, -0.15) is 0 Å². The van der Waals surface area contributed by atoms with Gasteiger partial charge in [0.05, 0.1) is 12.6 Å². The van der Waals surface area contributed by atoms with Gasteiger partial charge in [-0.05, 0) is 31.2 Å². The Morgan fingerprint density at radius 2 is 1.88 bits per heavy atom. The number of carbonyl (C=O) groups is 1. The molecular weight excluding hydrogens is 304 g/mol. The molecule has 0 aliphatic heterocycles. The number of hydrogen-bond acceptors (Lipinski definition) is 4. The van der Waals surface area contributed by atoms with Gasteiger partial charge in [0.2, 0.25) is 0 Å². The van der Waals surface area contributed by atoms with Crippen molar-refractivity contribution in [2.45, 2.75) is 91.8 Å². The summed E-state index contributed by atoms with van der Waals surface area (Å²) in [5.41, 5.74) is -0.0410. The second-order valence-electron chi connectivity index (χ2n) is 8.38. The van der Waals surface area contributed by atoms with Crippen LogP contribution in [-0.4, -0.2) is 36.6 Å². The van der Waals surface area contributed by atoms with Crippen molar-refractivity contribution in [3.63, 3.8) is 0 Å². The van der Waals surface area contributed by atoms with Crippen LogP contribution in [0.15, 0.2) is 0 Å². The van der Waals surface area contributed by atoms with E-state index in [4.69, 9.17) is 4.74 Å². The van der Waals surface area contributed by atoms with E-state index in [1.165, 1.54) is 25.7 Å². The summed E-state index contributed by atoms with van der Waals surface area (Å²) in [6, 6.07) is -0.398. The predicted molar refractivity (Wildman–Crippen MR) is 97.8 cm³/mol. The lowest BCUT2D eigenvalue weighted by atomic mass is 9.85. The van der Waals surface area contributed by atoms with Crippen LogP contribution in [0, 0.1) is 10.8 Å². The summed E-state index contributed by atoms with van der Waals surface area (Å²) in [6.45, 7) is 11.3. The van der Waals surface area contributed by atoms with Gasteiger partial charge in [-0.25, -0.2) is 4.79 Å². The van der Waals surface area contributed by atoms with Crippen LogP contribution >= 0.6 is 0 Å². The molecule has 142 valence electrons. The Kier molecular flexibility index (Phi) is 8.51. The summed E-state index contributed by atoms with van der Waals surface area (Å²) in [7, 11) is 0. The van der Waals surface area contributed by atoms with E-state index in [-0.39, 0.29) is 10.8 Å². The molecule has 0 bridgehead atoms. The third-order valence-electron chi connectivity index (χ3n) is 4.96. The Morgan fingerprint density at radius 1 is 1.21 bits per heavy atom. The molecule has 1 rings (SSSR count). The number of unbranched alkanes of at least 4 members (excludes halogenated alkanes) is 3. The third-order valence-corrected chi connectivity index (χ3v) is 4.96. The highest BCUT2D eigenvalue weighted by atomic mass is 16.5. The number of hydrogen-bond donors (Lipinski definition) is 3. The van der Waals surface area contributed by atoms with Crippen LogP contribution in [-0.2, 0) is 4.74 Å². The van der Waals surface area contributed by atoms with Gasteiger partial charge in [-0.1, -0.05) is 60.3 Å². The smallest absolute Gasteiger partial charge is 0.407 e. The quantitative estimate of drug-likeness (QED) is 0.394. The van der Waals surface area contributed by atoms with Crippen LogP contribution in [0.3, 0.4) is 0 Å². The first-order chi connectivity index (χ1) is 11.2. The van der Waals surface area contributed by atoms with E-state index in [9.17, 15) is 9.90 Å². The summed E-state index contributed by atoms with van der Waals surface area (Å²) in [5, 5.41) is 16.0. The molecule has 1 amide bonds. The van der Waals surface area contributed by atoms with Gasteiger partial charge in [0, 0.05) is 5.41 Å². The van der Waals surface area contributed by atoms with Crippen LogP contribution in [0.4, 0.5) is 4.79 Å². The highest BCUT2D eigenvalue weighted by Gasteiger charge is 2.43. The zero-order chi connectivity index (χ0) is 18.2. The zero-order valence-corrected chi connectivity index (χ0v) is 16.3. The third kappa shape index (κ3) is 7.39. The number of carbonyl (C=O) groups excluding carboxylic acids is 1. The molecule has 0 saturated heterocycles. The molecule has 3 N–H and O–H groups in total. The van der Waals surface area contributed by atoms with Crippen molar-refractivity contribution in [2.75, 3.05) is 13.2 Å². The van der Waals surface area contributed by atoms with Crippen LogP contribution in [0.5, 0.6) is 0 Å². The molecule has 0 aromatic heterocycles. The van der Waals surface area contributed by atoms with Crippen molar-refractivity contribution in [1.29, 1.82) is 0 Å². The molecule has 24 heavy (non-hydrogen) atoms. The van der Waals surface area contributed by atoms with Gasteiger partial charge in [0.1, 0.15) is 6.23 Å². The number of rotatable bonds is 11. The van der Waals surface area contributed by atoms with E-state index in [1.54, 1.807) is 0 Å². The second-order valence-corrected chi connectivity index (χ2v) is 8.38. The van der Waals surface area contributed by atoms with E-state index in [0.717, 1.165) is 19.3 Å². The molecule has 5 heteroatoms. The largest absolute Gasteiger partial charge is 0.449 e. The summed E-state index contributed by atoms with van der Waals surface area (Å²) in [6.07, 6.45) is 7.29. The van der Waals surface area contributed by atoms with Gasteiger partial charge in [0.25, 0.3) is 0 Å². The first-order valence-corrected chi connectivity index (χ1v) is 9.59. The molecule has 0 aromatic carbocycles. The summed E-state index contributed by atoms with van der Waals surface area (Å²) in [4.78, 5) is 12.2. The van der Waals surface area contributed by atoms with Gasteiger partial charge in [-0.3, -0.25) is 5.32 Å². The molecule has 1 aliphatic carbocycles. The Bertz CT molecular complexity index is 375. The number of nitrogens with one attached hydrogen (secondary N) is 2. The Morgan fingerprint density at radius 3 is 2.38 bits per heavy atom. The summed E-state index contributed by atoms with van der Waals surface area (Å²) >= 11 is 0. The first-order valence-electron chi connectivity index (χ1n) is 9.59. The number of aliphatic hydroxyl groups is 1. The maximum Gasteiger partial charge on any atom is 0.407 e. The van der Waals surface area contributed by atoms with E-state index < -0.39 is 18.4 Å². The maximum absolute atomic E-state index is 12.2. The highest BCUT2D eigenvalue weighted by molar-refractivity contribution is 5.67. The zero-order valence-electron chi connectivity index (χ0n) is 16.3. The molecule has 5 nitrogen and oxygen atoms in total. The number of aliphatic hydroxyl groups excluding tert-OH is 1. The summed E-state index contributed by atoms with van der Waals surface area (Å²) < 4.78 is 5.49. The van der Waals surface area contributed by atoms with Crippen molar-refractivity contribution in [3.8, 4) is 0 Å². The molecule has 0 aromatic rings.